The van der Waals surface area contributed by atoms with Gasteiger partial charge < -0.3 is 26.0 Å². The molecule has 9 rings (SSSR count). The van der Waals surface area contributed by atoms with Crippen molar-refractivity contribution in [2.75, 3.05) is 23.7 Å². The van der Waals surface area contributed by atoms with E-state index in [9.17, 15) is 44.7 Å². The smallest absolute Gasteiger partial charge is 0.390 e. The van der Waals surface area contributed by atoms with Gasteiger partial charge in [-0.05, 0) is 111 Å². The predicted octanol–water partition coefficient (Wildman–Crippen LogP) is 12.0. The number of anilines is 2. The number of amides is 2. The first-order chi connectivity index (χ1) is 32.3. The molecule has 0 atom stereocenters. The van der Waals surface area contributed by atoms with Crippen molar-refractivity contribution in [3.63, 3.8) is 0 Å². The summed E-state index contributed by atoms with van der Waals surface area (Å²) in [5.74, 6) is -2.83. The fraction of sp³-hybridized carbons (Fsp3) is 0.292. The fourth-order valence-electron chi connectivity index (χ4n) is 7.37. The number of fused-ring (bicyclic) bond motifs is 2. The summed E-state index contributed by atoms with van der Waals surface area (Å²) < 4.78 is 114. The number of rotatable bonds is 14. The molecule has 5 aromatic carbocycles. The van der Waals surface area contributed by atoms with Gasteiger partial charge in [0.15, 0.2) is 11.6 Å². The second-order valence-electron chi connectivity index (χ2n) is 16.6. The fourth-order valence-corrected chi connectivity index (χ4v) is 7.81. The Morgan fingerprint density at radius 3 is 1.63 bits per heavy atom. The number of nitrogens with one attached hydrogen (secondary N) is 4. The van der Waals surface area contributed by atoms with E-state index in [2.05, 4.69) is 47.2 Å². The minimum absolute atomic E-state index is 0.0652. The average molecular weight is 1010 g/mol. The summed E-state index contributed by atoms with van der Waals surface area (Å²) in [7, 11) is 0. The van der Waals surface area contributed by atoms with Gasteiger partial charge in [0.25, 0.3) is 11.8 Å². The van der Waals surface area contributed by atoms with Crippen LogP contribution in [0.25, 0.3) is 33.4 Å². The molecular weight excluding hydrogens is 968 g/mol. The molecule has 4 N–H and O–H groups in total. The van der Waals surface area contributed by atoms with Crippen LogP contribution in [0.4, 0.5) is 46.5 Å². The number of imidazole rings is 2. The van der Waals surface area contributed by atoms with E-state index in [1.807, 2.05) is 29.7 Å². The summed E-state index contributed by atoms with van der Waals surface area (Å²) in [4.78, 5) is 33.7. The summed E-state index contributed by atoms with van der Waals surface area (Å²) in [5, 5.41) is 11.5. The van der Waals surface area contributed by atoms with Gasteiger partial charge in [-0.25, -0.2) is 14.4 Å². The van der Waals surface area contributed by atoms with Crippen LogP contribution in [0.2, 0.25) is 0 Å². The number of nitrogens with zero attached hydrogens (tertiary/aromatic N) is 4. The number of alkyl halides is 6. The van der Waals surface area contributed by atoms with Crippen LogP contribution < -0.4 is 26.0 Å². The molecule has 2 amide bonds. The molecular formula is C48H43BrF8N8O3. The second-order valence-corrected chi connectivity index (χ2v) is 17.5. The third-order valence-corrected chi connectivity index (χ3v) is 11.6. The summed E-state index contributed by atoms with van der Waals surface area (Å²) in [6, 6.07) is 21.2. The number of ether oxygens (including phenoxy) is 1. The van der Waals surface area contributed by atoms with Gasteiger partial charge >= 0.3 is 12.4 Å². The lowest BCUT2D eigenvalue weighted by Crippen LogP contribution is -2.26. The normalized spacial score (nSPS) is 13.8. The maximum atomic E-state index is 14.3. The number of halogens is 9. The van der Waals surface area contributed by atoms with Gasteiger partial charge in [-0.3, -0.25) is 18.7 Å². The first-order valence-corrected chi connectivity index (χ1v) is 22.3. The highest BCUT2D eigenvalue weighted by Gasteiger charge is 2.29. The minimum Gasteiger partial charge on any atom is -0.454 e. The zero-order chi connectivity index (χ0) is 48.5. The monoisotopic (exact) mass is 1010 g/mol. The molecule has 2 heterocycles. The number of carbonyl (C=O) groups is 2. The van der Waals surface area contributed by atoms with E-state index in [1.165, 1.54) is 30.6 Å². The molecule has 2 aliphatic rings. The Balaban J connectivity index is 0.000000189. The Morgan fingerprint density at radius 1 is 0.676 bits per heavy atom. The van der Waals surface area contributed by atoms with Crippen molar-refractivity contribution in [1.29, 1.82) is 0 Å². The molecule has 0 bridgehead atoms. The van der Waals surface area contributed by atoms with E-state index in [4.69, 9.17) is 4.74 Å². The molecule has 0 saturated heterocycles. The highest BCUT2D eigenvalue weighted by Crippen LogP contribution is 2.36. The van der Waals surface area contributed by atoms with Crippen LogP contribution in [0.1, 0.15) is 70.4 Å². The van der Waals surface area contributed by atoms with Crippen LogP contribution in [0.5, 0.6) is 11.5 Å². The minimum atomic E-state index is -4.37. The highest BCUT2D eigenvalue weighted by molar-refractivity contribution is 9.10. The maximum absolute atomic E-state index is 14.3. The van der Waals surface area contributed by atoms with Crippen LogP contribution in [-0.2, 0) is 0 Å². The van der Waals surface area contributed by atoms with Crippen molar-refractivity contribution in [1.82, 2.24) is 29.7 Å². The van der Waals surface area contributed by atoms with Gasteiger partial charge in [0.2, 0.25) is 5.82 Å². The van der Waals surface area contributed by atoms with Gasteiger partial charge in [0.05, 0.1) is 35.2 Å². The van der Waals surface area contributed by atoms with E-state index in [1.54, 1.807) is 48.1 Å². The van der Waals surface area contributed by atoms with Crippen LogP contribution in [0, 0.1) is 25.5 Å². The molecule has 68 heavy (non-hydrogen) atoms. The molecule has 2 aromatic heterocycles. The lowest BCUT2D eigenvalue weighted by molar-refractivity contribution is -0.132. The quantitative estimate of drug-likeness (QED) is 0.0799. The van der Waals surface area contributed by atoms with Crippen LogP contribution in [-0.4, -0.2) is 68.4 Å². The number of benzene rings is 5. The number of carbonyl (C=O) groups excluding carboxylic acids is 2. The molecule has 2 fully saturated rings. The molecule has 0 spiro atoms. The molecule has 2 aliphatic carbocycles. The van der Waals surface area contributed by atoms with Crippen molar-refractivity contribution < 1.29 is 49.4 Å². The SMILES string of the molecule is Cc1cc(-n2cnc3c(NCCC(F)(F)F)cc(Br)cc32)ccc1C(=O)NC1CC1.Cc1cc(-n2cnc3c(NCCC(F)(F)F)cc(Oc4cccc(F)c4F)cc32)ccc1C(=O)NC1CC1. The van der Waals surface area contributed by atoms with Crippen LogP contribution in [0.15, 0.2) is 96.0 Å². The lowest BCUT2D eigenvalue weighted by atomic mass is 10.1. The first kappa shape index (κ1) is 47.8. The van der Waals surface area contributed by atoms with Crippen molar-refractivity contribution >= 4 is 61.2 Å². The third-order valence-electron chi connectivity index (χ3n) is 11.1. The van der Waals surface area contributed by atoms with Crippen molar-refractivity contribution in [2.24, 2.45) is 0 Å². The third kappa shape index (κ3) is 11.7. The number of hydrogen-bond donors (Lipinski definition) is 4. The highest BCUT2D eigenvalue weighted by atomic mass is 79.9. The van der Waals surface area contributed by atoms with Crippen molar-refractivity contribution in [3.8, 4) is 22.9 Å². The Bertz CT molecular complexity index is 3020. The molecule has 356 valence electrons. The van der Waals surface area contributed by atoms with Crippen LogP contribution in [0.3, 0.4) is 0 Å². The molecule has 0 unspecified atom stereocenters. The van der Waals surface area contributed by atoms with Gasteiger partial charge in [0.1, 0.15) is 29.4 Å². The van der Waals surface area contributed by atoms with E-state index in [0.29, 0.717) is 39.1 Å². The van der Waals surface area contributed by atoms with E-state index < -0.39 is 43.4 Å². The summed E-state index contributed by atoms with van der Waals surface area (Å²) in [6.07, 6.45) is -3.49. The Kier molecular flexibility index (Phi) is 13.7. The van der Waals surface area contributed by atoms with Gasteiger partial charge in [-0.1, -0.05) is 22.0 Å². The van der Waals surface area contributed by atoms with Gasteiger partial charge in [-0.15, -0.1) is 0 Å². The summed E-state index contributed by atoms with van der Waals surface area (Å²) in [6.45, 7) is 3.03. The summed E-state index contributed by atoms with van der Waals surface area (Å²) >= 11 is 3.42. The molecule has 2 saturated carbocycles. The Labute approximate surface area is 392 Å². The molecule has 7 aromatic rings. The molecule has 0 aliphatic heterocycles. The Morgan fingerprint density at radius 2 is 1.16 bits per heavy atom. The average Bonchev–Trinajstić information content (AvgIpc) is 4.18. The van der Waals surface area contributed by atoms with Crippen molar-refractivity contribution in [3.05, 3.63) is 130 Å². The van der Waals surface area contributed by atoms with E-state index in [-0.39, 0.29) is 47.6 Å². The number of aromatic nitrogens is 4. The molecule has 11 nitrogen and oxygen atoms in total. The maximum Gasteiger partial charge on any atom is 0.390 e. The Hall–Kier alpha value is -6.70. The first-order valence-electron chi connectivity index (χ1n) is 21.5. The van der Waals surface area contributed by atoms with Gasteiger partial charge in [0, 0.05) is 64.3 Å². The van der Waals surface area contributed by atoms with Crippen molar-refractivity contribution in [2.45, 2.75) is 76.8 Å². The largest absolute Gasteiger partial charge is 0.454 e. The zero-order valence-electron chi connectivity index (χ0n) is 36.4. The number of aryl methyl sites for hydroxylation is 2. The lowest BCUT2D eigenvalue weighted by Gasteiger charge is -2.14. The standard InChI is InChI=1S/C27H23F5N4O2.C21H20BrF3N4O/c1-15-11-17(7-8-19(15)26(37)35-16-5-6-16)36-14-34-25-21(33-10-9-27(30,31)32)12-18(13-22(25)36)38-23-4-2-3-20(28)24(23)29;1-12-8-15(4-5-16(12)20(30)28-14-2-3-14)29-11-27-19-17(9-13(22)10-18(19)29)26-7-6-21(23,24)25/h2-4,7-8,11-14,16,33H,5-6,9-10H2,1H3,(H,35,37);4-5,8-11,14,26H,2-3,6-7H2,1H3,(H,28,30). The van der Waals surface area contributed by atoms with E-state index in [0.717, 1.165) is 58.6 Å². The van der Waals surface area contributed by atoms with Gasteiger partial charge in [-0.2, -0.15) is 30.7 Å². The molecule has 20 heteroatoms. The number of hydrogen-bond acceptors (Lipinski definition) is 7. The zero-order valence-corrected chi connectivity index (χ0v) is 38.0. The second kappa shape index (κ2) is 19.5. The molecule has 0 radical (unpaired) electrons. The summed E-state index contributed by atoms with van der Waals surface area (Å²) in [5.41, 5.74) is 7.06. The predicted molar refractivity (Wildman–Crippen MR) is 245 cm³/mol. The van der Waals surface area contributed by atoms with E-state index >= 15 is 0 Å². The van der Waals surface area contributed by atoms with Crippen LogP contribution >= 0.6 is 15.9 Å². The topological polar surface area (TPSA) is 127 Å².